The number of aliphatic hydroxyl groups is 1. The molecule has 0 radical (unpaired) electrons. The maximum Gasteiger partial charge on any atom is 0.446 e. The van der Waals surface area contributed by atoms with Crippen molar-refractivity contribution in [2.45, 2.75) is 24.2 Å². The van der Waals surface area contributed by atoms with Crippen molar-refractivity contribution in [1.29, 1.82) is 0 Å². The van der Waals surface area contributed by atoms with Crippen LogP contribution in [0.25, 0.3) is 0 Å². The highest BCUT2D eigenvalue weighted by Crippen LogP contribution is 2.25. The van der Waals surface area contributed by atoms with Crippen LogP contribution in [0.5, 0.6) is 0 Å². The van der Waals surface area contributed by atoms with Gasteiger partial charge in [-0.1, -0.05) is 0 Å². The van der Waals surface area contributed by atoms with Gasteiger partial charge < -0.3 is 10.0 Å². The molecule has 0 unspecified atom stereocenters. The number of hydrogen-bond acceptors (Lipinski definition) is 4. The van der Waals surface area contributed by atoms with E-state index in [0.29, 0.717) is 4.90 Å². The van der Waals surface area contributed by atoms with Crippen LogP contribution in [-0.4, -0.2) is 53.3 Å². The first-order chi connectivity index (χ1) is 7.16. The summed E-state index contributed by atoms with van der Waals surface area (Å²) in [6.45, 7) is -0.323. The van der Waals surface area contributed by atoms with Gasteiger partial charge in [-0.25, -0.2) is 0 Å². The first kappa shape index (κ1) is 13.3. The topological polar surface area (TPSA) is 94.9 Å². The van der Waals surface area contributed by atoms with Gasteiger partial charge in [-0.2, -0.15) is 17.2 Å². The van der Waals surface area contributed by atoms with Gasteiger partial charge >= 0.3 is 21.3 Å². The highest BCUT2D eigenvalue weighted by molar-refractivity contribution is 7.87. The minimum atomic E-state index is -5.75. The Kier molecular flexibility index (Phi) is 3.50. The molecular weight excluding hydrogens is 248 g/mol. The standard InChI is InChI=1S/C7H11F2NO5S/c8-7(9,16(13,14)15)6(12)10-3-1-5(11)2-4-10/h5,11H,1-4H2,(H,13,14,15). The van der Waals surface area contributed by atoms with E-state index >= 15 is 0 Å². The zero-order valence-corrected chi connectivity index (χ0v) is 8.95. The molecular formula is C7H11F2NO5S. The highest BCUT2D eigenvalue weighted by atomic mass is 32.2. The van der Waals surface area contributed by atoms with Gasteiger partial charge in [0.1, 0.15) is 0 Å². The van der Waals surface area contributed by atoms with Gasteiger partial charge in [0, 0.05) is 13.1 Å². The van der Waals surface area contributed by atoms with E-state index in [1.54, 1.807) is 0 Å². The average molecular weight is 259 g/mol. The molecule has 0 aliphatic carbocycles. The van der Waals surface area contributed by atoms with Gasteiger partial charge in [-0.05, 0) is 12.8 Å². The SMILES string of the molecule is O=C(N1CCC(O)CC1)C(F)(F)S(=O)(=O)O. The van der Waals surface area contributed by atoms with E-state index in [0.717, 1.165) is 0 Å². The van der Waals surface area contributed by atoms with Crippen molar-refractivity contribution in [1.82, 2.24) is 4.90 Å². The van der Waals surface area contributed by atoms with Crippen LogP contribution in [0.15, 0.2) is 0 Å². The quantitative estimate of drug-likeness (QED) is 0.649. The number of alkyl halides is 2. The molecule has 0 aromatic heterocycles. The fourth-order valence-electron chi connectivity index (χ4n) is 1.36. The van der Waals surface area contributed by atoms with Gasteiger partial charge in [0.15, 0.2) is 0 Å². The molecule has 0 saturated carbocycles. The number of carbonyl (C=O) groups is 1. The van der Waals surface area contributed by atoms with Crippen LogP contribution >= 0.6 is 0 Å². The maximum atomic E-state index is 12.9. The summed E-state index contributed by atoms with van der Waals surface area (Å²) in [6, 6.07) is 0. The zero-order valence-electron chi connectivity index (χ0n) is 8.14. The summed E-state index contributed by atoms with van der Waals surface area (Å²) in [5.74, 6) is -1.96. The Morgan fingerprint density at radius 3 is 2.12 bits per heavy atom. The summed E-state index contributed by atoms with van der Waals surface area (Å²) in [7, 11) is -5.75. The number of amides is 1. The molecule has 0 aromatic carbocycles. The summed E-state index contributed by atoms with van der Waals surface area (Å²) in [4.78, 5) is 11.7. The summed E-state index contributed by atoms with van der Waals surface area (Å²) < 4.78 is 54.7. The third-order valence-corrected chi connectivity index (χ3v) is 3.15. The Balaban J connectivity index is 2.79. The molecule has 1 aliphatic rings. The van der Waals surface area contributed by atoms with Crippen molar-refractivity contribution in [2.75, 3.05) is 13.1 Å². The lowest BCUT2D eigenvalue weighted by molar-refractivity contribution is -0.149. The Hall–Kier alpha value is -0.800. The lowest BCUT2D eigenvalue weighted by Gasteiger charge is -2.31. The first-order valence-corrected chi connectivity index (χ1v) is 5.92. The molecule has 0 spiro atoms. The lowest BCUT2D eigenvalue weighted by atomic mass is 10.1. The third kappa shape index (κ3) is 2.47. The number of piperidine rings is 1. The number of carbonyl (C=O) groups excluding carboxylic acids is 1. The van der Waals surface area contributed by atoms with Crippen LogP contribution in [0.2, 0.25) is 0 Å². The van der Waals surface area contributed by atoms with Crippen LogP contribution in [0, 0.1) is 0 Å². The van der Waals surface area contributed by atoms with E-state index < -0.39 is 27.4 Å². The van der Waals surface area contributed by atoms with Crippen LogP contribution in [0.3, 0.4) is 0 Å². The van der Waals surface area contributed by atoms with E-state index in [9.17, 15) is 22.0 Å². The van der Waals surface area contributed by atoms with Gasteiger partial charge in [0.2, 0.25) is 0 Å². The molecule has 0 aromatic rings. The Labute approximate surface area is 90.6 Å². The Morgan fingerprint density at radius 2 is 1.75 bits per heavy atom. The lowest BCUT2D eigenvalue weighted by Crippen LogP contribution is -2.51. The number of halogens is 2. The average Bonchev–Trinajstić information content (AvgIpc) is 2.16. The van der Waals surface area contributed by atoms with E-state index in [1.807, 2.05) is 0 Å². The van der Waals surface area contributed by atoms with Crippen molar-refractivity contribution >= 4 is 16.0 Å². The fraction of sp³-hybridized carbons (Fsp3) is 0.857. The molecule has 1 aliphatic heterocycles. The van der Waals surface area contributed by atoms with Crippen LogP contribution in [0.4, 0.5) is 8.78 Å². The molecule has 94 valence electrons. The van der Waals surface area contributed by atoms with E-state index in [-0.39, 0.29) is 25.9 Å². The second kappa shape index (κ2) is 4.22. The maximum absolute atomic E-state index is 12.9. The van der Waals surface area contributed by atoms with E-state index in [4.69, 9.17) is 9.66 Å². The zero-order chi connectivity index (χ0) is 12.6. The fourth-order valence-corrected chi connectivity index (χ4v) is 1.71. The highest BCUT2D eigenvalue weighted by Gasteiger charge is 2.54. The van der Waals surface area contributed by atoms with Crippen LogP contribution in [0.1, 0.15) is 12.8 Å². The molecule has 9 heteroatoms. The minimum absolute atomic E-state index is 0.104. The smallest absolute Gasteiger partial charge is 0.393 e. The number of nitrogens with zero attached hydrogens (tertiary/aromatic N) is 1. The van der Waals surface area contributed by atoms with Crippen molar-refractivity contribution in [3.05, 3.63) is 0 Å². The largest absolute Gasteiger partial charge is 0.446 e. The summed E-state index contributed by atoms with van der Waals surface area (Å²) in [5, 5.41) is 4.25. The summed E-state index contributed by atoms with van der Waals surface area (Å²) in [6.07, 6.45) is -0.468. The molecule has 1 heterocycles. The predicted octanol–water partition coefficient (Wildman–Crippen LogP) is -0.550. The van der Waals surface area contributed by atoms with Crippen molar-refractivity contribution in [2.24, 2.45) is 0 Å². The normalized spacial score (nSPS) is 19.9. The molecule has 1 rings (SSSR count). The molecule has 1 amide bonds. The van der Waals surface area contributed by atoms with Crippen molar-refractivity contribution in [3.63, 3.8) is 0 Å². The number of aliphatic hydroxyl groups excluding tert-OH is 1. The number of likely N-dealkylation sites (tertiary alicyclic amines) is 1. The van der Waals surface area contributed by atoms with Crippen LogP contribution < -0.4 is 0 Å². The molecule has 2 N–H and O–H groups in total. The van der Waals surface area contributed by atoms with E-state index in [1.165, 1.54) is 0 Å². The van der Waals surface area contributed by atoms with Crippen molar-refractivity contribution in [3.8, 4) is 0 Å². The molecule has 0 atom stereocenters. The van der Waals surface area contributed by atoms with Crippen molar-refractivity contribution < 1.29 is 31.7 Å². The number of hydrogen-bond donors (Lipinski definition) is 2. The first-order valence-electron chi connectivity index (χ1n) is 4.48. The predicted molar refractivity (Wildman–Crippen MR) is 48.3 cm³/mol. The summed E-state index contributed by atoms with van der Waals surface area (Å²) >= 11 is 0. The number of rotatable bonds is 2. The molecule has 1 saturated heterocycles. The molecule has 1 fully saturated rings. The Morgan fingerprint density at radius 1 is 1.31 bits per heavy atom. The van der Waals surface area contributed by atoms with Gasteiger partial charge in [-0.3, -0.25) is 9.35 Å². The monoisotopic (exact) mass is 259 g/mol. The van der Waals surface area contributed by atoms with Gasteiger partial charge in [0.25, 0.3) is 0 Å². The van der Waals surface area contributed by atoms with Crippen LogP contribution in [-0.2, 0) is 14.9 Å². The molecule has 16 heavy (non-hydrogen) atoms. The Bertz CT molecular complexity index is 374. The van der Waals surface area contributed by atoms with E-state index in [2.05, 4.69) is 0 Å². The van der Waals surface area contributed by atoms with Gasteiger partial charge in [-0.15, -0.1) is 0 Å². The summed E-state index contributed by atoms with van der Waals surface area (Å²) in [5.41, 5.74) is 0. The minimum Gasteiger partial charge on any atom is -0.393 e. The second-order valence-corrected chi connectivity index (χ2v) is 4.98. The third-order valence-electron chi connectivity index (χ3n) is 2.32. The molecule has 6 nitrogen and oxygen atoms in total. The molecule has 0 bridgehead atoms. The second-order valence-electron chi connectivity index (χ2n) is 3.52. The van der Waals surface area contributed by atoms with Gasteiger partial charge in [0.05, 0.1) is 6.10 Å².